The van der Waals surface area contributed by atoms with Crippen LogP contribution in [0.5, 0.6) is 11.5 Å². The van der Waals surface area contributed by atoms with E-state index in [0.29, 0.717) is 11.5 Å². The first-order valence-corrected chi connectivity index (χ1v) is 8.39. The maximum Gasteiger partial charge on any atom is 0.332 e. The fourth-order valence-corrected chi connectivity index (χ4v) is 3.18. The molecule has 0 spiro atoms. The highest BCUT2D eigenvalue weighted by Gasteiger charge is 2.46. The molecule has 1 aliphatic heterocycles. The van der Waals surface area contributed by atoms with Gasteiger partial charge in [-0.15, -0.1) is 0 Å². The van der Waals surface area contributed by atoms with Crippen molar-refractivity contribution in [3.05, 3.63) is 59.2 Å². The van der Waals surface area contributed by atoms with Gasteiger partial charge in [-0.25, -0.2) is 4.79 Å². The van der Waals surface area contributed by atoms with Crippen molar-refractivity contribution in [3.8, 4) is 11.5 Å². The van der Waals surface area contributed by atoms with Crippen LogP contribution < -0.4 is 9.47 Å². The topological polar surface area (TPSA) is 102 Å². The van der Waals surface area contributed by atoms with E-state index in [2.05, 4.69) is 0 Å². The lowest BCUT2D eigenvalue weighted by Crippen LogP contribution is -2.49. The van der Waals surface area contributed by atoms with Crippen molar-refractivity contribution in [1.29, 1.82) is 0 Å². The fourth-order valence-electron chi connectivity index (χ4n) is 3.18. The summed E-state index contributed by atoms with van der Waals surface area (Å²) < 4.78 is 15.1. The largest absolute Gasteiger partial charge is 0.493 e. The molecule has 2 aromatic rings. The van der Waals surface area contributed by atoms with E-state index in [1.54, 1.807) is 18.2 Å². The molecule has 2 amide bonds. The van der Waals surface area contributed by atoms with E-state index >= 15 is 0 Å². The van der Waals surface area contributed by atoms with Gasteiger partial charge < -0.3 is 19.3 Å². The van der Waals surface area contributed by atoms with Gasteiger partial charge in [0.2, 0.25) is 0 Å². The summed E-state index contributed by atoms with van der Waals surface area (Å²) in [7, 11) is 4.01. The van der Waals surface area contributed by atoms with Gasteiger partial charge in [0.15, 0.2) is 17.5 Å². The van der Waals surface area contributed by atoms with Crippen molar-refractivity contribution in [2.75, 3.05) is 21.3 Å². The molecule has 1 heterocycles. The number of aliphatic hydroxyl groups excluding tert-OH is 1. The number of benzene rings is 2. The first-order valence-electron chi connectivity index (χ1n) is 8.39. The van der Waals surface area contributed by atoms with E-state index in [-0.39, 0.29) is 16.7 Å². The molecule has 2 aromatic carbocycles. The molecule has 0 aliphatic carbocycles. The monoisotopic (exact) mass is 385 g/mol. The third kappa shape index (κ3) is 3.07. The molecule has 8 nitrogen and oxygen atoms in total. The van der Waals surface area contributed by atoms with E-state index in [4.69, 9.17) is 14.2 Å². The van der Waals surface area contributed by atoms with E-state index in [9.17, 15) is 19.5 Å². The van der Waals surface area contributed by atoms with E-state index < -0.39 is 29.9 Å². The van der Waals surface area contributed by atoms with Crippen molar-refractivity contribution in [3.63, 3.8) is 0 Å². The zero-order valence-electron chi connectivity index (χ0n) is 15.5. The number of hydrogen-bond donors (Lipinski definition) is 1. The number of hydrogen-bond acceptors (Lipinski definition) is 7. The summed E-state index contributed by atoms with van der Waals surface area (Å²) in [4.78, 5) is 38.7. The number of nitrogens with zero attached hydrogens (tertiary/aromatic N) is 1. The summed E-state index contributed by atoms with van der Waals surface area (Å²) in [6, 6.07) is 9.19. The number of amides is 2. The second kappa shape index (κ2) is 7.69. The van der Waals surface area contributed by atoms with Crippen LogP contribution in [0.25, 0.3) is 0 Å². The minimum absolute atomic E-state index is 0.168. The molecule has 0 radical (unpaired) electrons. The number of imide groups is 1. The van der Waals surface area contributed by atoms with Gasteiger partial charge in [0.1, 0.15) is 6.10 Å². The molecule has 1 N–H and O–H groups in total. The average molecular weight is 385 g/mol. The molecule has 1 aliphatic rings. The highest BCUT2D eigenvalue weighted by molar-refractivity contribution is 6.22. The first-order chi connectivity index (χ1) is 13.4. The van der Waals surface area contributed by atoms with Crippen molar-refractivity contribution in [1.82, 2.24) is 4.90 Å². The smallest absolute Gasteiger partial charge is 0.332 e. The van der Waals surface area contributed by atoms with Gasteiger partial charge >= 0.3 is 5.97 Å². The molecule has 0 aromatic heterocycles. The Morgan fingerprint density at radius 3 is 2.00 bits per heavy atom. The molecular formula is C20H19NO7. The van der Waals surface area contributed by atoms with Crippen molar-refractivity contribution in [2.45, 2.75) is 12.1 Å². The van der Waals surface area contributed by atoms with Crippen LogP contribution in [0.4, 0.5) is 0 Å². The maximum atomic E-state index is 12.8. The standard InChI is InChI=1S/C20H19NO7/c1-26-14-9-8-11(10-15(14)27-2)17(22)16(20(25)28-3)21-18(23)12-6-4-5-7-13(12)19(21)24/h4-10,16-17,22H,1-3H3/t16-,17-/m0/s1. The van der Waals surface area contributed by atoms with Crippen LogP contribution in [0.3, 0.4) is 0 Å². The van der Waals surface area contributed by atoms with Crippen molar-refractivity contribution < 1.29 is 33.7 Å². The molecule has 3 rings (SSSR count). The Kier molecular flexibility index (Phi) is 5.32. The normalized spacial score (nSPS) is 15.1. The maximum absolute atomic E-state index is 12.8. The molecular weight excluding hydrogens is 366 g/mol. The molecule has 0 fully saturated rings. The Morgan fingerprint density at radius 2 is 1.50 bits per heavy atom. The molecule has 0 saturated heterocycles. The van der Waals surface area contributed by atoms with Crippen LogP contribution in [0.1, 0.15) is 32.4 Å². The summed E-state index contributed by atoms with van der Waals surface area (Å²) in [6.07, 6.45) is -1.53. The summed E-state index contributed by atoms with van der Waals surface area (Å²) in [5, 5.41) is 10.9. The summed E-state index contributed by atoms with van der Waals surface area (Å²) in [5.41, 5.74) is 0.589. The molecule has 0 bridgehead atoms. The van der Waals surface area contributed by atoms with Crippen LogP contribution in [-0.4, -0.2) is 55.2 Å². The van der Waals surface area contributed by atoms with Crippen LogP contribution in [0.15, 0.2) is 42.5 Å². The van der Waals surface area contributed by atoms with Gasteiger partial charge in [-0.05, 0) is 29.8 Å². The number of aliphatic hydroxyl groups is 1. The van der Waals surface area contributed by atoms with Gasteiger partial charge in [0.05, 0.1) is 32.5 Å². The third-order valence-electron chi connectivity index (χ3n) is 4.59. The van der Waals surface area contributed by atoms with Crippen molar-refractivity contribution >= 4 is 17.8 Å². The van der Waals surface area contributed by atoms with E-state index in [1.165, 1.54) is 38.5 Å². The third-order valence-corrected chi connectivity index (χ3v) is 4.59. The van der Waals surface area contributed by atoms with Gasteiger partial charge in [0, 0.05) is 0 Å². The number of esters is 1. The molecule has 2 atom stereocenters. The molecule has 0 unspecified atom stereocenters. The predicted octanol–water partition coefficient (Wildman–Crippen LogP) is 1.57. The number of carbonyl (C=O) groups excluding carboxylic acids is 3. The van der Waals surface area contributed by atoms with Crippen molar-refractivity contribution in [2.24, 2.45) is 0 Å². The van der Waals surface area contributed by atoms with Gasteiger partial charge in [-0.2, -0.15) is 0 Å². The van der Waals surface area contributed by atoms with Crippen LogP contribution >= 0.6 is 0 Å². The lowest BCUT2D eigenvalue weighted by atomic mass is 10.00. The Morgan fingerprint density at radius 1 is 0.929 bits per heavy atom. The molecule has 8 heteroatoms. The highest BCUT2D eigenvalue weighted by Crippen LogP contribution is 2.34. The summed E-state index contributed by atoms with van der Waals surface area (Å²) >= 11 is 0. The number of carbonyl (C=O) groups is 3. The van der Waals surface area contributed by atoms with Crippen LogP contribution in [-0.2, 0) is 9.53 Å². The highest BCUT2D eigenvalue weighted by atomic mass is 16.5. The second-order valence-corrected chi connectivity index (χ2v) is 6.05. The predicted molar refractivity (Wildman–Crippen MR) is 97.3 cm³/mol. The summed E-state index contributed by atoms with van der Waals surface area (Å²) in [6.45, 7) is 0. The number of rotatable bonds is 6. The SMILES string of the molecule is COC(=O)[C@H]([C@@H](O)c1ccc(OC)c(OC)c1)N1C(=O)c2ccccc2C1=O. The van der Waals surface area contributed by atoms with Gasteiger partial charge in [0.25, 0.3) is 11.8 Å². The van der Waals surface area contributed by atoms with E-state index in [0.717, 1.165) is 12.0 Å². The van der Waals surface area contributed by atoms with Crippen LogP contribution in [0.2, 0.25) is 0 Å². The number of fused-ring (bicyclic) bond motifs is 1. The molecule has 146 valence electrons. The van der Waals surface area contributed by atoms with Crippen LogP contribution in [0, 0.1) is 0 Å². The number of ether oxygens (including phenoxy) is 3. The Bertz CT molecular complexity index is 905. The lowest BCUT2D eigenvalue weighted by Gasteiger charge is -2.28. The minimum Gasteiger partial charge on any atom is -0.493 e. The molecule has 0 saturated carbocycles. The second-order valence-electron chi connectivity index (χ2n) is 6.05. The fraction of sp³-hybridized carbons (Fsp3) is 0.250. The van der Waals surface area contributed by atoms with Gasteiger partial charge in [-0.1, -0.05) is 18.2 Å². The van der Waals surface area contributed by atoms with E-state index in [1.807, 2.05) is 0 Å². The Balaban J connectivity index is 2.04. The Hall–Kier alpha value is -3.39. The van der Waals surface area contributed by atoms with Gasteiger partial charge in [-0.3, -0.25) is 14.5 Å². The zero-order valence-corrected chi connectivity index (χ0v) is 15.5. The number of methoxy groups -OCH3 is 3. The average Bonchev–Trinajstić information content (AvgIpc) is 2.98. The quantitative estimate of drug-likeness (QED) is 0.595. The minimum atomic E-state index is -1.56. The lowest BCUT2D eigenvalue weighted by molar-refractivity contribution is -0.149. The zero-order chi connectivity index (χ0) is 20.4. The Labute approximate surface area is 161 Å². The summed E-state index contributed by atoms with van der Waals surface area (Å²) in [5.74, 6) is -1.51. The molecule has 28 heavy (non-hydrogen) atoms. The first kappa shape index (κ1) is 19.4.